The number of hydrogen-bond donors (Lipinski definition) is 2. The number of rotatable bonds is 4. The van der Waals surface area contributed by atoms with Crippen LogP contribution in [0.2, 0.25) is 0 Å². The van der Waals surface area contributed by atoms with E-state index in [0.717, 1.165) is 13.1 Å². The Labute approximate surface area is 95.2 Å². The quantitative estimate of drug-likeness (QED) is 0.785. The molecule has 5 nitrogen and oxygen atoms in total. The van der Waals surface area contributed by atoms with Gasteiger partial charge in [0, 0.05) is 18.8 Å². The highest BCUT2D eigenvalue weighted by molar-refractivity contribution is 5.93. The van der Waals surface area contributed by atoms with Crippen molar-refractivity contribution in [2.24, 2.45) is 0 Å². The van der Waals surface area contributed by atoms with Crippen molar-refractivity contribution >= 4 is 5.91 Å². The molecule has 0 aromatic carbocycles. The Morgan fingerprint density at radius 2 is 2.38 bits per heavy atom. The predicted octanol–water partition coefficient (Wildman–Crippen LogP) is 0.624. The maximum Gasteiger partial charge on any atom is 0.254 e. The molecule has 16 heavy (non-hydrogen) atoms. The SMILES string of the molecule is CC(CNC(=O)c1cn[nH]c1)N1CCCC1. The highest BCUT2D eigenvalue weighted by atomic mass is 16.1. The van der Waals surface area contributed by atoms with E-state index in [1.54, 1.807) is 6.20 Å². The molecule has 0 saturated carbocycles. The van der Waals surface area contributed by atoms with Gasteiger partial charge in [-0.25, -0.2) is 0 Å². The highest BCUT2D eigenvalue weighted by Crippen LogP contribution is 2.10. The van der Waals surface area contributed by atoms with E-state index in [0.29, 0.717) is 18.2 Å². The molecule has 0 spiro atoms. The number of carbonyl (C=O) groups is 1. The number of carbonyl (C=O) groups excluding carboxylic acids is 1. The Hall–Kier alpha value is -1.36. The van der Waals surface area contributed by atoms with Crippen molar-refractivity contribution in [1.29, 1.82) is 0 Å². The molecule has 2 heterocycles. The molecule has 5 heteroatoms. The predicted molar refractivity (Wildman–Crippen MR) is 61.2 cm³/mol. The highest BCUT2D eigenvalue weighted by Gasteiger charge is 2.18. The molecule has 2 rings (SSSR count). The van der Waals surface area contributed by atoms with Gasteiger partial charge in [0.15, 0.2) is 0 Å². The van der Waals surface area contributed by atoms with Crippen molar-refractivity contribution in [2.45, 2.75) is 25.8 Å². The summed E-state index contributed by atoms with van der Waals surface area (Å²) in [7, 11) is 0. The molecule has 1 atom stereocenters. The average Bonchev–Trinajstić information content (AvgIpc) is 2.95. The van der Waals surface area contributed by atoms with Gasteiger partial charge in [0.25, 0.3) is 5.91 Å². The van der Waals surface area contributed by atoms with Gasteiger partial charge in [0.05, 0.1) is 11.8 Å². The van der Waals surface area contributed by atoms with E-state index in [4.69, 9.17) is 0 Å². The maximum atomic E-state index is 11.6. The zero-order valence-electron chi connectivity index (χ0n) is 9.57. The number of likely N-dealkylation sites (tertiary alicyclic amines) is 1. The van der Waals surface area contributed by atoms with Crippen LogP contribution in [0.1, 0.15) is 30.1 Å². The van der Waals surface area contributed by atoms with E-state index in [2.05, 4.69) is 27.3 Å². The fourth-order valence-corrected chi connectivity index (χ4v) is 2.03. The second kappa shape index (κ2) is 5.12. The van der Waals surface area contributed by atoms with E-state index in [9.17, 15) is 4.79 Å². The molecular formula is C11H18N4O. The van der Waals surface area contributed by atoms with Crippen LogP contribution < -0.4 is 5.32 Å². The van der Waals surface area contributed by atoms with Gasteiger partial charge in [-0.2, -0.15) is 5.10 Å². The number of aromatic nitrogens is 2. The van der Waals surface area contributed by atoms with Gasteiger partial charge < -0.3 is 5.32 Å². The Kier molecular flexibility index (Phi) is 3.56. The zero-order chi connectivity index (χ0) is 11.4. The third-order valence-corrected chi connectivity index (χ3v) is 3.08. The van der Waals surface area contributed by atoms with Gasteiger partial charge in [0.2, 0.25) is 0 Å². The number of amides is 1. The van der Waals surface area contributed by atoms with Gasteiger partial charge >= 0.3 is 0 Å². The monoisotopic (exact) mass is 222 g/mol. The minimum absolute atomic E-state index is 0.0557. The smallest absolute Gasteiger partial charge is 0.254 e. The molecule has 1 amide bonds. The molecule has 1 fully saturated rings. The summed E-state index contributed by atoms with van der Waals surface area (Å²) in [5, 5.41) is 9.30. The summed E-state index contributed by atoms with van der Waals surface area (Å²) in [6.45, 7) is 5.16. The molecular weight excluding hydrogens is 204 g/mol. The van der Waals surface area contributed by atoms with Crippen LogP contribution in [0.4, 0.5) is 0 Å². The lowest BCUT2D eigenvalue weighted by Gasteiger charge is -2.23. The number of nitrogens with zero attached hydrogens (tertiary/aromatic N) is 2. The first-order valence-corrected chi connectivity index (χ1v) is 5.78. The third kappa shape index (κ3) is 2.61. The minimum Gasteiger partial charge on any atom is -0.350 e. The maximum absolute atomic E-state index is 11.6. The van der Waals surface area contributed by atoms with E-state index in [1.807, 2.05) is 0 Å². The number of H-pyrrole nitrogens is 1. The van der Waals surface area contributed by atoms with Crippen molar-refractivity contribution in [3.8, 4) is 0 Å². The molecule has 1 unspecified atom stereocenters. The molecule has 1 aromatic rings. The molecule has 1 aromatic heterocycles. The van der Waals surface area contributed by atoms with Crippen LogP contribution in [0.5, 0.6) is 0 Å². The van der Waals surface area contributed by atoms with Crippen molar-refractivity contribution in [2.75, 3.05) is 19.6 Å². The van der Waals surface area contributed by atoms with E-state index in [-0.39, 0.29) is 5.91 Å². The summed E-state index contributed by atoms with van der Waals surface area (Å²) in [5.74, 6) is -0.0557. The van der Waals surface area contributed by atoms with Crippen molar-refractivity contribution in [3.05, 3.63) is 18.0 Å². The fourth-order valence-electron chi connectivity index (χ4n) is 2.03. The molecule has 1 saturated heterocycles. The van der Waals surface area contributed by atoms with Crippen LogP contribution in [0.15, 0.2) is 12.4 Å². The summed E-state index contributed by atoms with van der Waals surface area (Å²) in [6.07, 6.45) is 5.70. The van der Waals surface area contributed by atoms with Gasteiger partial charge in [-0.3, -0.25) is 14.8 Å². The van der Waals surface area contributed by atoms with Crippen molar-refractivity contribution in [1.82, 2.24) is 20.4 Å². The van der Waals surface area contributed by atoms with Gasteiger partial charge in [-0.1, -0.05) is 0 Å². The second-order valence-electron chi connectivity index (χ2n) is 4.29. The van der Waals surface area contributed by atoms with E-state index < -0.39 is 0 Å². The standard InChI is InChI=1S/C11H18N4O/c1-9(15-4-2-3-5-15)6-12-11(16)10-7-13-14-8-10/h7-9H,2-6H2,1H3,(H,12,16)(H,13,14). The number of hydrogen-bond acceptors (Lipinski definition) is 3. The van der Waals surface area contributed by atoms with E-state index in [1.165, 1.54) is 19.0 Å². The van der Waals surface area contributed by atoms with Gasteiger partial charge in [0.1, 0.15) is 0 Å². The lowest BCUT2D eigenvalue weighted by atomic mass is 10.2. The summed E-state index contributed by atoms with van der Waals surface area (Å²) < 4.78 is 0. The van der Waals surface area contributed by atoms with Crippen LogP contribution in [0.25, 0.3) is 0 Å². The van der Waals surface area contributed by atoms with Crippen molar-refractivity contribution < 1.29 is 4.79 Å². The second-order valence-corrected chi connectivity index (χ2v) is 4.29. The molecule has 88 valence electrons. The van der Waals surface area contributed by atoms with Gasteiger partial charge in [-0.05, 0) is 32.9 Å². The van der Waals surface area contributed by atoms with Crippen molar-refractivity contribution in [3.63, 3.8) is 0 Å². The average molecular weight is 222 g/mol. The topological polar surface area (TPSA) is 61.0 Å². The summed E-state index contributed by atoms with van der Waals surface area (Å²) in [4.78, 5) is 14.0. The van der Waals surface area contributed by atoms with Crippen LogP contribution in [0, 0.1) is 0 Å². The lowest BCUT2D eigenvalue weighted by Crippen LogP contribution is -2.40. The summed E-state index contributed by atoms with van der Waals surface area (Å²) >= 11 is 0. The lowest BCUT2D eigenvalue weighted by molar-refractivity contribution is 0.0940. The van der Waals surface area contributed by atoms with Crippen LogP contribution >= 0.6 is 0 Å². The Balaban J connectivity index is 1.76. The number of aromatic amines is 1. The zero-order valence-corrected chi connectivity index (χ0v) is 9.57. The first-order valence-electron chi connectivity index (χ1n) is 5.78. The van der Waals surface area contributed by atoms with Crippen LogP contribution in [0.3, 0.4) is 0 Å². The number of nitrogens with one attached hydrogen (secondary N) is 2. The molecule has 2 N–H and O–H groups in total. The molecule has 1 aliphatic rings. The van der Waals surface area contributed by atoms with E-state index >= 15 is 0 Å². The normalized spacial score (nSPS) is 18.6. The summed E-state index contributed by atoms with van der Waals surface area (Å²) in [5.41, 5.74) is 0.591. The van der Waals surface area contributed by atoms with Gasteiger partial charge in [-0.15, -0.1) is 0 Å². The first kappa shape index (κ1) is 11.1. The molecule has 0 aliphatic carbocycles. The third-order valence-electron chi connectivity index (χ3n) is 3.08. The molecule has 0 radical (unpaired) electrons. The molecule has 1 aliphatic heterocycles. The first-order chi connectivity index (χ1) is 7.77. The van der Waals surface area contributed by atoms with Crippen LogP contribution in [-0.4, -0.2) is 46.7 Å². The van der Waals surface area contributed by atoms with Crippen LogP contribution in [-0.2, 0) is 0 Å². The Morgan fingerprint density at radius 1 is 1.62 bits per heavy atom. The Bertz CT molecular complexity index is 330. The fraction of sp³-hybridized carbons (Fsp3) is 0.636. The molecule has 0 bridgehead atoms. The Morgan fingerprint density at radius 3 is 3.00 bits per heavy atom. The summed E-state index contributed by atoms with van der Waals surface area (Å²) in [6, 6.07) is 0.415. The minimum atomic E-state index is -0.0557. The largest absolute Gasteiger partial charge is 0.350 e.